The Bertz CT molecular complexity index is 745. The van der Waals surface area contributed by atoms with Gasteiger partial charge in [-0.2, -0.15) is 0 Å². The maximum Gasteiger partial charge on any atom is 0.220 e. The molecule has 138 valence electrons. The van der Waals surface area contributed by atoms with Gasteiger partial charge in [-0.3, -0.25) is 4.79 Å². The smallest absolute Gasteiger partial charge is 0.220 e. The fraction of sp³-hybridized carbons (Fsp3) is 0.381. The van der Waals surface area contributed by atoms with Crippen LogP contribution in [0.1, 0.15) is 24.0 Å². The van der Waals surface area contributed by atoms with Crippen LogP contribution in [0.3, 0.4) is 0 Å². The van der Waals surface area contributed by atoms with Crippen molar-refractivity contribution in [3.05, 3.63) is 53.6 Å². The average molecular weight is 355 g/mol. The first-order chi connectivity index (χ1) is 12.7. The van der Waals surface area contributed by atoms with Crippen LogP contribution in [-0.4, -0.2) is 32.3 Å². The molecule has 5 nitrogen and oxygen atoms in total. The van der Waals surface area contributed by atoms with Crippen LogP contribution >= 0.6 is 0 Å². The lowest BCUT2D eigenvalue weighted by atomic mass is 10.1. The zero-order chi connectivity index (χ0) is 18.2. The maximum atomic E-state index is 11.9. The van der Waals surface area contributed by atoms with E-state index in [1.807, 2.05) is 49.4 Å². The van der Waals surface area contributed by atoms with Crippen LogP contribution in [0.15, 0.2) is 42.5 Å². The van der Waals surface area contributed by atoms with Gasteiger partial charge in [0.05, 0.1) is 6.54 Å². The Hall–Kier alpha value is -2.69. The molecular formula is C21H25NO4. The van der Waals surface area contributed by atoms with E-state index in [0.717, 1.165) is 41.2 Å². The Morgan fingerprint density at radius 2 is 1.92 bits per heavy atom. The highest BCUT2D eigenvalue weighted by Gasteiger charge is 2.11. The monoisotopic (exact) mass is 355 g/mol. The maximum absolute atomic E-state index is 11.9. The predicted octanol–water partition coefficient (Wildman–Crippen LogP) is 3.28. The summed E-state index contributed by atoms with van der Waals surface area (Å²) >= 11 is 0. The number of ether oxygens (including phenoxy) is 3. The summed E-state index contributed by atoms with van der Waals surface area (Å²) in [5.41, 5.74) is 2.25. The van der Waals surface area contributed by atoms with Crippen molar-refractivity contribution in [1.29, 1.82) is 0 Å². The van der Waals surface area contributed by atoms with Crippen molar-refractivity contribution in [2.75, 3.05) is 26.4 Å². The third-order valence-electron chi connectivity index (χ3n) is 4.25. The minimum atomic E-state index is 0.0518. The van der Waals surface area contributed by atoms with Crippen molar-refractivity contribution < 1.29 is 19.0 Å². The summed E-state index contributed by atoms with van der Waals surface area (Å²) in [7, 11) is 0. The first-order valence-corrected chi connectivity index (χ1v) is 9.06. The summed E-state index contributed by atoms with van der Waals surface area (Å²) in [5.74, 6) is 2.51. The fourth-order valence-corrected chi connectivity index (χ4v) is 2.85. The van der Waals surface area contributed by atoms with Crippen LogP contribution in [0, 0.1) is 6.92 Å². The SMILES string of the molecule is Cc1ccccc1OCCNC(=O)CCCc1ccc2c(c1)OCCO2. The number of amides is 1. The van der Waals surface area contributed by atoms with Crippen LogP contribution in [0.5, 0.6) is 17.2 Å². The molecule has 0 unspecified atom stereocenters. The second kappa shape index (κ2) is 9.13. The minimum Gasteiger partial charge on any atom is -0.491 e. The van der Waals surface area contributed by atoms with E-state index in [1.165, 1.54) is 0 Å². The molecule has 1 aliphatic rings. The molecule has 3 rings (SSSR count). The molecule has 0 spiro atoms. The number of carbonyl (C=O) groups is 1. The number of rotatable bonds is 8. The lowest BCUT2D eigenvalue weighted by Gasteiger charge is -2.18. The van der Waals surface area contributed by atoms with Crippen molar-refractivity contribution in [3.8, 4) is 17.2 Å². The summed E-state index contributed by atoms with van der Waals surface area (Å²) in [6.45, 7) is 4.17. The zero-order valence-corrected chi connectivity index (χ0v) is 15.1. The van der Waals surface area contributed by atoms with Crippen LogP contribution in [-0.2, 0) is 11.2 Å². The number of fused-ring (bicyclic) bond motifs is 1. The third-order valence-corrected chi connectivity index (χ3v) is 4.25. The molecule has 0 saturated carbocycles. The Morgan fingerprint density at radius 3 is 2.77 bits per heavy atom. The molecule has 0 fully saturated rings. The number of para-hydroxylation sites is 1. The van der Waals surface area contributed by atoms with Gasteiger partial charge in [0.25, 0.3) is 0 Å². The highest BCUT2D eigenvalue weighted by molar-refractivity contribution is 5.75. The standard InChI is InChI=1S/C21H25NO4/c1-16-5-2-3-7-18(16)24-12-11-22-21(23)8-4-6-17-9-10-19-20(15-17)26-14-13-25-19/h2-3,5,7,9-10,15H,4,6,8,11-14H2,1H3,(H,22,23). The van der Waals surface area contributed by atoms with Crippen molar-refractivity contribution in [3.63, 3.8) is 0 Å². The lowest BCUT2D eigenvalue weighted by Crippen LogP contribution is -2.28. The van der Waals surface area contributed by atoms with Crippen molar-refractivity contribution in [1.82, 2.24) is 5.32 Å². The van der Waals surface area contributed by atoms with Gasteiger partial charge in [-0.1, -0.05) is 24.3 Å². The number of carbonyl (C=O) groups excluding carboxylic acids is 1. The van der Waals surface area contributed by atoms with E-state index in [1.54, 1.807) is 0 Å². The van der Waals surface area contributed by atoms with Gasteiger partial charge in [0, 0.05) is 6.42 Å². The van der Waals surface area contributed by atoms with E-state index < -0.39 is 0 Å². The number of benzene rings is 2. The van der Waals surface area contributed by atoms with Gasteiger partial charge in [0.1, 0.15) is 25.6 Å². The quantitative estimate of drug-likeness (QED) is 0.739. The van der Waals surface area contributed by atoms with E-state index in [2.05, 4.69) is 5.32 Å². The summed E-state index contributed by atoms with van der Waals surface area (Å²) in [4.78, 5) is 11.9. The van der Waals surface area contributed by atoms with Crippen molar-refractivity contribution >= 4 is 5.91 Å². The van der Waals surface area contributed by atoms with Crippen LogP contribution in [0.4, 0.5) is 0 Å². The lowest BCUT2D eigenvalue weighted by molar-refractivity contribution is -0.121. The highest BCUT2D eigenvalue weighted by Crippen LogP contribution is 2.31. The van der Waals surface area contributed by atoms with Crippen LogP contribution in [0.2, 0.25) is 0 Å². The van der Waals surface area contributed by atoms with Gasteiger partial charge in [-0.25, -0.2) is 0 Å². The van der Waals surface area contributed by atoms with Gasteiger partial charge in [0.15, 0.2) is 11.5 Å². The van der Waals surface area contributed by atoms with Crippen LogP contribution in [0.25, 0.3) is 0 Å². The first-order valence-electron chi connectivity index (χ1n) is 9.06. The molecule has 2 aromatic rings. The van der Waals surface area contributed by atoms with Gasteiger partial charge in [-0.05, 0) is 49.1 Å². The highest BCUT2D eigenvalue weighted by atomic mass is 16.6. The zero-order valence-electron chi connectivity index (χ0n) is 15.1. The predicted molar refractivity (Wildman–Crippen MR) is 100 cm³/mol. The molecule has 0 aromatic heterocycles. The van der Waals surface area contributed by atoms with Crippen LogP contribution < -0.4 is 19.5 Å². The van der Waals surface area contributed by atoms with Crippen molar-refractivity contribution in [2.24, 2.45) is 0 Å². The average Bonchev–Trinajstić information content (AvgIpc) is 2.66. The molecule has 1 heterocycles. The summed E-state index contributed by atoms with van der Waals surface area (Å²) in [5, 5.41) is 2.90. The van der Waals surface area contributed by atoms with E-state index in [9.17, 15) is 4.79 Å². The Kier molecular flexibility index (Phi) is 6.36. The van der Waals surface area contributed by atoms with E-state index in [4.69, 9.17) is 14.2 Å². The van der Waals surface area contributed by atoms with E-state index >= 15 is 0 Å². The first kappa shape index (κ1) is 18.1. The molecule has 26 heavy (non-hydrogen) atoms. The van der Waals surface area contributed by atoms with E-state index in [0.29, 0.717) is 32.8 Å². The topological polar surface area (TPSA) is 56.8 Å². The second-order valence-electron chi connectivity index (χ2n) is 6.30. The minimum absolute atomic E-state index is 0.0518. The van der Waals surface area contributed by atoms with Gasteiger partial charge in [0.2, 0.25) is 5.91 Å². The molecular weight excluding hydrogens is 330 g/mol. The summed E-state index contributed by atoms with van der Waals surface area (Å²) in [6, 6.07) is 13.8. The Balaban J connectivity index is 1.32. The number of hydrogen-bond donors (Lipinski definition) is 1. The number of hydrogen-bond acceptors (Lipinski definition) is 4. The molecule has 2 aromatic carbocycles. The molecule has 5 heteroatoms. The van der Waals surface area contributed by atoms with Gasteiger partial charge in [-0.15, -0.1) is 0 Å². The molecule has 0 saturated heterocycles. The van der Waals surface area contributed by atoms with Crippen molar-refractivity contribution in [2.45, 2.75) is 26.2 Å². The van der Waals surface area contributed by atoms with Gasteiger partial charge >= 0.3 is 0 Å². The third kappa shape index (κ3) is 5.15. The molecule has 1 aliphatic heterocycles. The molecule has 1 N–H and O–H groups in total. The number of nitrogens with one attached hydrogen (secondary N) is 1. The second-order valence-corrected chi connectivity index (χ2v) is 6.30. The number of aryl methyl sites for hydroxylation is 2. The fourth-order valence-electron chi connectivity index (χ4n) is 2.85. The Morgan fingerprint density at radius 1 is 1.12 bits per heavy atom. The van der Waals surface area contributed by atoms with Gasteiger partial charge < -0.3 is 19.5 Å². The molecule has 0 bridgehead atoms. The normalized spacial score (nSPS) is 12.5. The molecule has 1 amide bonds. The molecule has 0 atom stereocenters. The Labute approximate surface area is 154 Å². The summed E-state index contributed by atoms with van der Waals surface area (Å²) in [6.07, 6.45) is 2.13. The largest absolute Gasteiger partial charge is 0.491 e. The van der Waals surface area contributed by atoms with E-state index in [-0.39, 0.29) is 5.91 Å². The summed E-state index contributed by atoms with van der Waals surface area (Å²) < 4.78 is 16.8. The molecule has 0 radical (unpaired) electrons. The molecule has 0 aliphatic carbocycles.